The molecule has 0 aliphatic carbocycles. The predicted molar refractivity (Wildman–Crippen MR) is 77.0 cm³/mol. The van der Waals surface area contributed by atoms with Crippen LogP contribution >= 0.6 is 12.4 Å². The molecule has 2 saturated heterocycles. The van der Waals surface area contributed by atoms with E-state index in [4.69, 9.17) is 0 Å². The molecule has 0 aromatic rings. The minimum absolute atomic E-state index is 0. The quantitative estimate of drug-likeness (QED) is 0.857. The molecule has 1 unspecified atom stereocenters. The largest absolute Gasteiger partial charge is 0.342 e. The number of piperidine rings is 1. The molecule has 2 aliphatic heterocycles. The zero-order chi connectivity index (χ0) is 12.3. The Morgan fingerprint density at radius 2 is 1.94 bits per heavy atom. The second-order valence-electron chi connectivity index (χ2n) is 6.03. The summed E-state index contributed by atoms with van der Waals surface area (Å²) in [6.45, 7) is 8.71. The van der Waals surface area contributed by atoms with Gasteiger partial charge in [0.25, 0.3) is 0 Å². The molecule has 1 atom stereocenters. The Hall–Kier alpha value is -0.280. The highest BCUT2D eigenvalue weighted by atomic mass is 35.5. The molecule has 106 valence electrons. The van der Waals surface area contributed by atoms with Gasteiger partial charge in [0.15, 0.2) is 0 Å². The molecule has 2 heterocycles. The second-order valence-corrected chi connectivity index (χ2v) is 6.03. The molecule has 0 spiro atoms. The van der Waals surface area contributed by atoms with Crippen molar-refractivity contribution in [3.05, 3.63) is 0 Å². The number of rotatable bonds is 3. The number of carbonyl (C=O) groups is 1. The van der Waals surface area contributed by atoms with Gasteiger partial charge in [0.05, 0.1) is 0 Å². The first-order chi connectivity index (χ1) is 8.16. The van der Waals surface area contributed by atoms with Crippen molar-refractivity contribution in [3.8, 4) is 0 Å². The van der Waals surface area contributed by atoms with E-state index in [9.17, 15) is 4.79 Å². The van der Waals surface area contributed by atoms with Gasteiger partial charge in [-0.1, -0.05) is 13.8 Å². The number of nitrogens with one attached hydrogen (secondary N) is 1. The molecule has 0 radical (unpaired) electrons. The number of hydrogen-bond donors (Lipinski definition) is 1. The lowest BCUT2D eigenvalue weighted by Gasteiger charge is -2.25. The Morgan fingerprint density at radius 1 is 1.28 bits per heavy atom. The fraction of sp³-hybridized carbons (Fsp3) is 0.929. The van der Waals surface area contributed by atoms with Crippen LogP contribution in [0, 0.1) is 17.8 Å². The van der Waals surface area contributed by atoms with Crippen LogP contribution in [0.3, 0.4) is 0 Å². The van der Waals surface area contributed by atoms with Crippen molar-refractivity contribution in [1.29, 1.82) is 0 Å². The molecule has 18 heavy (non-hydrogen) atoms. The smallest absolute Gasteiger partial charge is 0.222 e. The van der Waals surface area contributed by atoms with Crippen molar-refractivity contribution in [1.82, 2.24) is 10.2 Å². The number of amides is 1. The topological polar surface area (TPSA) is 32.3 Å². The summed E-state index contributed by atoms with van der Waals surface area (Å²) in [6.07, 6.45) is 4.34. The van der Waals surface area contributed by atoms with Crippen molar-refractivity contribution in [3.63, 3.8) is 0 Å². The standard InChI is InChI=1S/C14H26N2O.ClH/c1-11(2)13-5-8-16(10-13)14(17)9-12-3-6-15-7-4-12;/h11-13,15H,3-10H2,1-2H3;1H. The van der Waals surface area contributed by atoms with Gasteiger partial charge in [0.2, 0.25) is 5.91 Å². The summed E-state index contributed by atoms with van der Waals surface area (Å²) in [5.41, 5.74) is 0. The lowest BCUT2D eigenvalue weighted by Crippen LogP contribution is -2.34. The fourth-order valence-electron chi connectivity index (χ4n) is 3.02. The van der Waals surface area contributed by atoms with Crippen LogP contribution in [0.15, 0.2) is 0 Å². The maximum Gasteiger partial charge on any atom is 0.222 e. The van der Waals surface area contributed by atoms with Gasteiger partial charge >= 0.3 is 0 Å². The van der Waals surface area contributed by atoms with Crippen LogP contribution in [-0.4, -0.2) is 37.0 Å². The van der Waals surface area contributed by atoms with E-state index in [0.29, 0.717) is 17.7 Å². The summed E-state index contributed by atoms with van der Waals surface area (Å²) >= 11 is 0. The van der Waals surface area contributed by atoms with E-state index >= 15 is 0 Å². The Bertz CT molecular complexity index is 265. The summed E-state index contributed by atoms with van der Waals surface area (Å²) in [5, 5.41) is 3.35. The summed E-state index contributed by atoms with van der Waals surface area (Å²) in [7, 11) is 0. The van der Waals surface area contributed by atoms with Crippen molar-refractivity contribution >= 4 is 18.3 Å². The Balaban J connectivity index is 0.00000162. The SMILES string of the molecule is CC(C)C1CCN(C(=O)CC2CCNCC2)C1.Cl. The van der Waals surface area contributed by atoms with Crippen LogP contribution in [0.25, 0.3) is 0 Å². The first kappa shape index (κ1) is 15.8. The monoisotopic (exact) mass is 274 g/mol. The molecule has 1 N–H and O–H groups in total. The van der Waals surface area contributed by atoms with Gasteiger partial charge in [0, 0.05) is 19.5 Å². The van der Waals surface area contributed by atoms with Crippen LogP contribution in [0.2, 0.25) is 0 Å². The van der Waals surface area contributed by atoms with Crippen LogP contribution in [0.4, 0.5) is 0 Å². The van der Waals surface area contributed by atoms with Gasteiger partial charge in [-0.05, 0) is 50.1 Å². The lowest BCUT2D eigenvalue weighted by atomic mass is 9.94. The first-order valence-corrected chi connectivity index (χ1v) is 7.15. The molecule has 0 saturated carbocycles. The minimum Gasteiger partial charge on any atom is -0.342 e. The van der Waals surface area contributed by atoms with E-state index in [1.165, 1.54) is 19.3 Å². The first-order valence-electron chi connectivity index (χ1n) is 7.15. The number of hydrogen-bond acceptors (Lipinski definition) is 2. The number of halogens is 1. The van der Waals surface area contributed by atoms with Crippen molar-refractivity contribution < 1.29 is 4.79 Å². The average molecular weight is 275 g/mol. The highest BCUT2D eigenvalue weighted by molar-refractivity contribution is 5.85. The second kappa shape index (κ2) is 7.34. The van der Waals surface area contributed by atoms with E-state index in [1.54, 1.807) is 0 Å². The zero-order valence-corrected chi connectivity index (χ0v) is 12.5. The third-order valence-corrected chi connectivity index (χ3v) is 4.44. The summed E-state index contributed by atoms with van der Waals surface area (Å²) in [6, 6.07) is 0. The Labute approximate surface area is 117 Å². The van der Waals surface area contributed by atoms with E-state index in [1.807, 2.05) is 0 Å². The van der Waals surface area contributed by atoms with Crippen molar-refractivity contribution in [2.45, 2.75) is 39.5 Å². The van der Waals surface area contributed by atoms with Gasteiger partial charge in [-0.25, -0.2) is 0 Å². The normalized spacial score (nSPS) is 25.3. The van der Waals surface area contributed by atoms with Gasteiger partial charge < -0.3 is 10.2 Å². The molecule has 2 fully saturated rings. The summed E-state index contributed by atoms with van der Waals surface area (Å²) in [5.74, 6) is 2.47. The number of likely N-dealkylation sites (tertiary alicyclic amines) is 1. The van der Waals surface area contributed by atoms with Gasteiger partial charge in [0.1, 0.15) is 0 Å². The Morgan fingerprint density at radius 3 is 2.50 bits per heavy atom. The molecular weight excluding hydrogens is 248 g/mol. The van der Waals surface area contributed by atoms with Crippen LogP contribution in [0.1, 0.15) is 39.5 Å². The molecule has 0 bridgehead atoms. The van der Waals surface area contributed by atoms with E-state index in [2.05, 4.69) is 24.1 Å². The molecule has 0 aromatic carbocycles. The van der Waals surface area contributed by atoms with Gasteiger partial charge in [-0.2, -0.15) is 0 Å². The maximum atomic E-state index is 12.2. The van der Waals surface area contributed by atoms with Crippen LogP contribution in [0.5, 0.6) is 0 Å². The summed E-state index contributed by atoms with van der Waals surface area (Å²) < 4.78 is 0. The van der Waals surface area contributed by atoms with Gasteiger partial charge in [-0.15, -0.1) is 12.4 Å². The minimum atomic E-state index is 0. The molecule has 3 nitrogen and oxygen atoms in total. The molecule has 2 rings (SSSR count). The number of carbonyl (C=O) groups excluding carboxylic acids is 1. The number of nitrogens with zero attached hydrogens (tertiary/aromatic N) is 1. The van der Waals surface area contributed by atoms with Crippen molar-refractivity contribution in [2.24, 2.45) is 17.8 Å². The average Bonchev–Trinajstić information content (AvgIpc) is 2.79. The van der Waals surface area contributed by atoms with Crippen molar-refractivity contribution in [2.75, 3.05) is 26.2 Å². The van der Waals surface area contributed by atoms with E-state index in [0.717, 1.165) is 38.5 Å². The third kappa shape index (κ3) is 4.13. The van der Waals surface area contributed by atoms with Gasteiger partial charge in [-0.3, -0.25) is 4.79 Å². The van der Waals surface area contributed by atoms with E-state index < -0.39 is 0 Å². The molecule has 1 amide bonds. The van der Waals surface area contributed by atoms with Crippen LogP contribution in [-0.2, 0) is 4.79 Å². The van der Waals surface area contributed by atoms with Crippen LogP contribution < -0.4 is 5.32 Å². The fourth-order valence-corrected chi connectivity index (χ4v) is 3.02. The maximum absolute atomic E-state index is 12.2. The summed E-state index contributed by atoms with van der Waals surface area (Å²) in [4.78, 5) is 14.3. The highest BCUT2D eigenvalue weighted by Crippen LogP contribution is 2.25. The molecule has 4 heteroatoms. The molecule has 0 aromatic heterocycles. The Kier molecular flexibility index (Phi) is 6.44. The van der Waals surface area contributed by atoms with E-state index in [-0.39, 0.29) is 12.4 Å². The third-order valence-electron chi connectivity index (χ3n) is 4.44. The molecular formula is C14H27ClN2O. The lowest BCUT2D eigenvalue weighted by molar-refractivity contribution is -0.131. The predicted octanol–water partition coefficient (Wildman–Crippen LogP) is 2.30. The zero-order valence-electron chi connectivity index (χ0n) is 11.7. The molecule has 2 aliphatic rings. The highest BCUT2D eigenvalue weighted by Gasteiger charge is 2.29.